The van der Waals surface area contributed by atoms with E-state index in [-0.39, 0.29) is 0 Å². The molecule has 3 N–H and O–H groups in total. The molecule has 2 aromatic carbocycles. The second-order valence-electron chi connectivity index (χ2n) is 7.92. The zero-order valence-electron chi connectivity index (χ0n) is 17.1. The number of nitrogens with one attached hydrogen (secondary N) is 3. The van der Waals surface area contributed by atoms with Crippen molar-refractivity contribution < 1.29 is 0 Å². The molecule has 2 aromatic heterocycles. The highest BCUT2D eigenvalue weighted by atomic mass is 32.1. The van der Waals surface area contributed by atoms with E-state index in [1.54, 1.807) is 6.33 Å². The molecule has 6 nitrogen and oxygen atoms in total. The van der Waals surface area contributed by atoms with Gasteiger partial charge in [-0.05, 0) is 55.7 Å². The Labute approximate surface area is 180 Å². The topological polar surface area (TPSA) is 70.6 Å². The summed E-state index contributed by atoms with van der Waals surface area (Å²) in [5, 5.41) is 8.25. The molecule has 2 heterocycles. The van der Waals surface area contributed by atoms with Crippen molar-refractivity contribution in [2.24, 2.45) is 0 Å². The SMILES string of the molecule is CCn1c(=S)[nH]c2cc3c(NCc4ccccc4NC4CCCC4)ncnc3cc21. The number of fused-ring (bicyclic) bond motifs is 2. The number of aryl methyl sites for hydroxylation is 1. The second-order valence-corrected chi connectivity index (χ2v) is 8.31. The first-order chi connectivity index (χ1) is 14.7. The predicted molar refractivity (Wildman–Crippen MR) is 126 cm³/mol. The normalized spacial score (nSPS) is 14.6. The fourth-order valence-electron chi connectivity index (χ4n) is 4.45. The minimum Gasteiger partial charge on any atom is -0.382 e. The van der Waals surface area contributed by atoms with E-state index < -0.39 is 0 Å². The average Bonchev–Trinajstić information content (AvgIpc) is 3.37. The van der Waals surface area contributed by atoms with Gasteiger partial charge >= 0.3 is 0 Å². The van der Waals surface area contributed by atoms with Crippen molar-refractivity contribution in [3.05, 3.63) is 53.1 Å². The van der Waals surface area contributed by atoms with E-state index in [4.69, 9.17) is 12.2 Å². The molecule has 1 saturated carbocycles. The first kappa shape index (κ1) is 19.1. The van der Waals surface area contributed by atoms with Crippen LogP contribution >= 0.6 is 12.2 Å². The van der Waals surface area contributed by atoms with Crippen molar-refractivity contribution in [2.45, 2.75) is 51.7 Å². The number of para-hydroxylation sites is 1. The van der Waals surface area contributed by atoms with Crippen LogP contribution in [-0.2, 0) is 13.1 Å². The lowest BCUT2D eigenvalue weighted by atomic mass is 10.1. The fraction of sp³-hybridized carbons (Fsp3) is 0.348. The molecule has 4 aromatic rings. The first-order valence-electron chi connectivity index (χ1n) is 10.7. The summed E-state index contributed by atoms with van der Waals surface area (Å²) in [5.74, 6) is 0.834. The number of benzene rings is 2. The highest BCUT2D eigenvalue weighted by Gasteiger charge is 2.16. The molecule has 0 unspecified atom stereocenters. The number of imidazole rings is 1. The van der Waals surface area contributed by atoms with E-state index in [2.05, 4.69) is 73.5 Å². The van der Waals surface area contributed by atoms with Crippen LogP contribution in [0.3, 0.4) is 0 Å². The molecule has 0 saturated heterocycles. The molecule has 7 heteroatoms. The third-order valence-electron chi connectivity index (χ3n) is 6.03. The largest absolute Gasteiger partial charge is 0.382 e. The van der Waals surface area contributed by atoms with Crippen molar-refractivity contribution in [1.29, 1.82) is 0 Å². The number of hydrogen-bond donors (Lipinski definition) is 3. The molecule has 1 fully saturated rings. The summed E-state index contributed by atoms with van der Waals surface area (Å²) >= 11 is 5.46. The van der Waals surface area contributed by atoms with Crippen molar-refractivity contribution in [2.75, 3.05) is 10.6 Å². The Kier molecular flexibility index (Phi) is 5.12. The molecule has 0 radical (unpaired) electrons. The summed E-state index contributed by atoms with van der Waals surface area (Å²) in [5.41, 5.74) is 5.45. The minimum atomic E-state index is 0.588. The van der Waals surface area contributed by atoms with Gasteiger partial charge in [-0.3, -0.25) is 0 Å². The maximum absolute atomic E-state index is 5.46. The first-order valence-corrected chi connectivity index (χ1v) is 11.1. The lowest BCUT2D eigenvalue weighted by Crippen LogP contribution is -2.16. The third kappa shape index (κ3) is 3.54. The zero-order chi connectivity index (χ0) is 20.5. The summed E-state index contributed by atoms with van der Waals surface area (Å²) in [6, 6.07) is 13.3. The van der Waals surface area contributed by atoms with E-state index >= 15 is 0 Å². The Balaban J connectivity index is 1.45. The van der Waals surface area contributed by atoms with Crippen LogP contribution in [0.2, 0.25) is 0 Å². The van der Waals surface area contributed by atoms with E-state index in [1.807, 2.05) is 0 Å². The average molecular weight is 419 g/mol. The van der Waals surface area contributed by atoms with Crippen LogP contribution in [-0.4, -0.2) is 25.6 Å². The van der Waals surface area contributed by atoms with E-state index in [1.165, 1.54) is 36.9 Å². The van der Waals surface area contributed by atoms with E-state index in [9.17, 15) is 0 Å². The summed E-state index contributed by atoms with van der Waals surface area (Å²) in [4.78, 5) is 12.3. The number of anilines is 2. The molecule has 0 spiro atoms. The summed E-state index contributed by atoms with van der Waals surface area (Å²) in [6.45, 7) is 3.62. The van der Waals surface area contributed by atoms with Gasteiger partial charge in [-0.2, -0.15) is 0 Å². The molecule has 0 aliphatic heterocycles. The molecule has 0 atom stereocenters. The Morgan fingerprint density at radius 1 is 1.17 bits per heavy atom. The van der Waals surface area contributed by atoms with Gasteiger partial charge in [0.2, 0.25) is 0 Å². The summed E-state index contributed by atoms with van der Waals surface area (Å²) in [6.07, 6.45) is 6.78. The number of aromatic nitrogens is 4. The van der Waals surface area contributed by atoms with Gasteiger partial charge in [0.05, 0.1) is 16.6 Å². The monoisotopic (exact) mass is 418 g/mol. The Bertz CT molecular complexity index is 1250. The predicted octanol–water partition coefficient (Wildman–Crippen LogP) is 5.63. The number of H-pyrrole nitrogens is 1. The van der Waals surface area contributed by atoms with E-state index in [0.29, 0.717) is 12.6 Å². The zero-order valence-corrected chi connectivity index (χ0v) is 17.9. The number of rotatable bonds is 6. The molecule has 1 aliphatic rings. The second kappa shape index (κ2) is 8.07. The molecule has 154 valence electrons. The molecular formula is C23H26N6S. The minimum absolute atomic E-state index is 0.588. The summed E-state index contributed by atoms with van der Waals surface area (Å²) < 4.78 is 2.82. The maximum Gasteiger partial charge on any atom is 0.178 e. The van der Waals surface area contributed by atoms with Gasteiger partial charge in [0.1, 0.15) is 12.1 Å². The molecule has 30 heavy (non-hydrogen) atoms. The van der Waals surface area contributed by atoms with Crippen molar-refractivity contribution in [3.63, 3.8) is 0 Å². The van der Waals surface area contributed by atoms with Gasteiger partial charge in [-0.15, -0.1) is 0 Å². The number of aromatic amines is 1. The molecule has 0 bridgehead atoms. The molecular weight excluding hydrogens is 392 g/mol. The van der Waals surface area contributed by atoms with Crippen molar-refractivity contribution in [3.8, 4) is 0 Å². The number of hydrogen-bond acceptors (Lipinski definition) is 5. The lowest BCUT2D eigenvalue weighted by molar-refractivity contribution is 0.753. The highest BCUT2D eigenvalue weighted by molar-refractivity contribution is 7.71. The van der Waals surface area contributed by atoms with Gasteiger partial charge < -0.3 is 20.2 Å². The van der Waals surface area contributed by atoms with Crippen molar-refractivity contribution in [1.82, 2.24) is 19.5 Å². The van der Waals surface area contributed by atoms with Crippen LogP contribution in [0.15, 0.2) is 42.7 Å². The quantitative estimate of drug-likeness (QED) is 0.354. The molecule has 5 rings (SSSR count). The lowest BCUT2D eigenvalue weighted by Gasteiger charge is -2.18. The fourth-order valence-corrected chi connectivity index (χ4v) is 4.78. The van der Waals surface area contributed by atoms with Crippen molar-refractivity contribution >= 4 is 45.7 Å². The van der Waals surface area contributed by atoms with Crippen LogP contribution in [0.25, 0.3) is 21.9 Å². The smallest absolute Gasteiger partial charge is 0.178 e. The maximum atomic E-state index is 5.46. The third-order valence-corrected chi connectivity index (χ3v) is 6.35. The van der Waals surface area contributed by atoms with Crippen LogP contribution in [0.1, 0.15) is 38.2 Å². The summed E-state index contributed by atoms with van der Waals surface area (Å²) in [7, 11) is 0. The standard InChI is InChI=1S/C23H26N6S/c1-2-29-21-12-19-17(11-20(21)28-23(29)30)22(26-14-25-19)24-13-15-7-3-6-10-18(15)27-16-8-4-5-9-16/h3,6-7,10-12,14,16,27H,2,4-5,8-9,13H2,1H3,(H,28,30)(H,24,25,26). The number of nitrogens with zero attached hydrogens (tertiary/aromatic N) is 3. The van der Waals surface area contributed by atoms with Crippen LogP contribution in [0.4, 0.5) is 11.5 Å². The molecule has 1 aliphatic carbocycles. The van der Waals surface area contributed by atoms with Gasteiger partial charge in [0.25, 0.3) is 0 Å². The van der Waals surface area contributed by atoms with Crippen LogP contribution in [0, 0.1) is 4.77 Å². The van der Waals surface area contributed by atoms with Gasteiger partial charge in [0.15, 0.2) is 4.77 Å². The van der Waals surface area contributed by atoms with Gasteiger partial charge in [-0.25, -0.2) is 9.97 Å². The Morgan fingerprint density at radius 3 is 2.83 bits per heavy atom. The highest BCUT2D eigenvalue weighted by Crippen LogP contribution is 2.28. The Hall–Kier alpha value is -2.93. The molecule has 0 amide bonds. The van der Waals surface area contributed by atoms with Crippen LogP contribution in [0.5, 0.6) is 0 Å². The van der Waals surface area contributed by atoms with Gasteiger partial charge in [0, 0.05) is 30.2 Å². The van der Waals surface area contributed by atoms with Crippen LogP contribution < -0.4 is 10.6 Å². The Morgan fingerprint density at radius 2 is 2.00 bits per heavy atom. The van der Waals surface area contributed by atoms with E-state index in [0.717, 1.165) is 39.1 Å². The van der Waals surface area contributed by atoms with Gasteiger partial charge in [-0.1, -0.05) is 31.0 Å².